The summed E-state index contributed by atoms with van der Waals surface area (Å²) in [5.41, 5.74) is 4.47. The molecule has 0 fully saturated rings. The molecule has 0 spiro atoms. The highest BCUT2D eigenvalue weighted by Crippen LogP contribution is 2.02. The van der Waals surface area contributed by atoms with Gasteiger partial charge in [0.25, 0.3) is 0 Å². The number of esters is 1. The lowest BCUT2D eigenvalue weighted by atomic mass is 10.2. The number of rotatable bonds is 5. The molecule has 0 saturated heterocycles. The Kier molecular flexibility index (Phi) is 13.1. The molecule has 0 radical (unpaired) electrons. The van der Waals surface area contributed by atoms with E-state index in [-0.39, 0.29) is 11.9 Å². The molecular formula is C10H21NO3. The van der Waals surface area contributed by atoms with E-state index < -0.39 is 0 Å². The fourth-order valence-corrected chi connectivity index (χ4v) is 0.798. The minimum atomic E-state index is -0.333. The molecule has 4 heteroatoms. The molecular weight excluding hydrogens is 182 g/mol. The number of hydrogen-bond donors (Lipinski definition) is 1. The van der Waals surface area contributed by atoms with E-state index in [1.807, 2.05) is 0 Å². The van der Waals surface area contributed by atoms with Gasteiger partial charge in [0.05, 0.1) is 7.11 Å². The molecule has 1 amide bonds. The van der Waals surface area contributed by atoms with Crippen molar-refractivity contribution >= 4 is 11.9 Å². The van der Waals surface area contributed by atoms with Gasteiger partial charge in [-0.25, -0.2) is 0 Å². The maximum absolute atomic E-state index is 10.6. The summed E-state index contributed by atoms with van der Waals surface area (Å²) >= 11 is 0. The maximum atomic E-state index is 10.6. The molecule has 0 saturated carbocycles. The Labute approximate surface area is 85.8 Å². The highest BCUT2D eigenvalue weighted by atomic mass is 16.5. The van der Waals surface area contributed by atoms with E-state index >= 15 is 0 Å². The largest absolute Gasteiger partial charge is 0.469 e. The molecule has 14 heavy (non-hydrogen) atoms. The molecule has 0 aliphatic carbocycles. The highest BCUT2D eigenvalue weighted by molar-refractivity contribution is 5.70. The fourth-order valence-electron chi connectivity index (χ4n) is 0.798. The van der Waals surface area contributed by atoms with Gasteiger partial charge in [0, 0.05) is 13.3 Å². The van der Waals surface area contributed by atoms with Gasteiger partial charge in [-0.05, 0) is 6.42 Å². The number of unbranched alkanes of at least 4 members (excludes halogenated alkanes) is 3. The number of methoxy groups -OCH3 is 1. The summed E-state index contributed by atoms with van der Waals surface area (Å²) in [6.45, 7) is 3.46. The smallest absolute Gasteiger partial charge is 0.305 e. The van der Waals surface area contributed by atoms with Gasteiger partial charge in [-0.15, -0.1) is 0 Å². The van der Waals surface area contributed by atoms with Crippen LogP contribution in [0.25, 0.3) is 0 Å². The lowest BCUT2D eigenvalue weighted by molar-refractivity contribution is -0.140. The Morgan fingerprint density at radius 1 is 1.21 bits per heavy atom. The summed E-state index contributed by atoms with van der Waals surface area (Å²) < 4.78 is 4.49. The third-order valence-electron chi connectivity index (χ3n) is 1.46. The number of amides is 1. The number of ether oxygens (including phenoxy) is 1. The summed E-state index contributed by atoms with van der Waals surface area (Å²) in [5, 5.41) is 0. The second-order valence-electron chi connectivity index (χ2n) is 3.00. The predicted molar refractivity (Wildman–Crippen MR) is 55.6 cm³/mol. The van der Waals surface area contributed by atoms with E-state index in [4.69, 9.17) is 0 Å². The molecule has 0 aromatic carbocycles. The molecule has 0 aromatic rings. The quantitative estimate of drug-likeness (QED) is 0.545. The van der Waals surface area contributed by atoms with Crippen molar-refractivity contribution in [2.45, 2.75) is 46.0 Å². The summed E-state index contributed by atoms with van der Waals surface area (Å²) in [7, 11) is 1.43. The van der Waals surface area contributed by atoms with Crippen LogP contribution >= 0.6 is 0 Å². The van der Waals surface area contributed by atoms with Crippen molar-refractivity contribution in [1.29, 1.82) is 0 Å². The SMILES string of the molecule is CC(N)=O.CCCCCCC(=O)OC. The van der Waals surface area contributed by atoms with Gasteiger partial charge >= 0.3 is 5.97 Å². The molecule has 84 valence electrons. The molecule has 0 aliphatic rings. The summed E-state index contributed by atoms with van der Waals surface area (Å²) in [6, 6.07) is 0. The van der Waals surface area contributed by atoms with Crippen LogP contribution in [0, 0.1) is 0 Å². The van der Waals surface area contributed by atoms with Crippen LogP contribution in [0.15, 0.2) is 0 Å². The Balaban J connectivity index is 0. The number of carbonyl (C=O) groups is 2. The van der Waals surface area contributed by atoms with Crippen LogP contribution in [0.5, 0.6) is 0 Å². The van der Waals surface area contributed by atoms with E-state index in [0.717, 1.165) is 12.8 Å². The highest BCUT2D eigenvalue weighted by Gasteiger charge is 1.97. The van der Waals surface area contributed by atoms with Crippen molar-refractivity contribution in [3.63, 3.8) is 0 Å². The van der Waals surface area contributed by atoms with Crippen LogP contribution in [-0.2, 0) is 14.3 Å². The van der Waals surface area contributed by atoms with Gasteiger partial charge in [-0.2, -0.15) is 0 Å². The lowest BCUT2D eigenvalue weighted by Crippen LogP contribution is -2.01. The van der Waals surface area contributed by atoms with E-state index in [9.17, 15) is 9.59 Å². The Bertz CT molecular complexity index is 153. The standard InChI is InChI=1S/C8H16O2.C2H5NO/c1-3-4-5-6-7-8(9)10-2;1-2(3)4/h3-7H2,1-2H3;1H3,(H2,3,4). The van der Waals surface area contributed by atoms with Gasteiger partial charge in [-0.1, -0.05) is 26.2 Å². The molecule has 0 bridgehead atoms. The Morgan fingerprint density at radius 2 is 1.71 bits per heavy atom. The normalized spacial score (nSPS) is 8.50. The second-order valence-corrected chi connectivity index (χ2v) is 3.00. The zero-order valence-corrected chi connectivity index (χ0v) is 9.34. The van der Waals surface area contributed by atoms with Gasteiger partial charge in [0.15, 0.2) is 0 Å². The number of nitrogens with two attached hydrogens (primary N) is 1. The molecule has 0 atom stereocenters. The zero-order valence-electron chi connectivity index (χ0n) is 9.34. The number of hydrogen-bond acceptors (Lipinski definition) is 3. The first kappa shape index (κ1) is 15.4. The van der Waals surface area contributed by atoms with Gasteiger partial charge < -0.3 is 10.5 Å². The van der Waals surface area contributed by atoms with Crippen LogP contribution < -0.4 is 5.73 Å². The lowest BCUT2D eigenvalue weighted by Gasteiger charge is -1.97. The fraction of sp³-hybridized carbons (Fsp3) is 0.800. The Morgan fingerprint density at radius 3 is 2.07 bits per heavy atom. The monoisotopic (exact) mass is 203 g/mol. The van der Waals surface area contributed by atoms with Crippen LogP contribution in [0.3, 0.4) is 0 Å². The molecule has 0 aliphatic heterocycles. The van der Waals surface area contributed by atoms with Crippen molar-refractivity contribution in [2.75, 3.05) is 7.11 Å². The molecule has 2 N–H and O–H groups in total. The van der Waals surface area contributed by atoms with Crippen LogP contribution in [0.2, 0.25) is 0 Å². The second kappa shape index (κ2) is 11.9. The van der Waals surface area contributed by atoms with Crippen molar-refractivity contribution in [3.05, 3.63) is 0 Å². The van der Waals surface area contributed by atoms with E-state index in [1.54, 1.807) is 0 Å². The van der Waals surface area contributed by atoms with Crippen LogP contribution in [0.1, 0.15) is 46.0 Å². The first-order valence-corrected chi connectivity index (χ1v) is 4.87. The minimum Gasteiger partial charge on any atom is -0.469 e. The Hall–Kier alpha value is -1.06. The molecule has 0 aromatic heterocycles. The third-order valence-corrected chi connectivity index (χ3v) is 1.46. The van der Waals surface area contributed by atoms with Crippen molar-refractivity contribution in [2.24, 2.45) is 5.73 Å². The number of carbonyl (C=O) groups excluding carboxylic acids is 2. The van der Waals surface area contributed by atoms with Gasteiger partial charge in [-0.3, -0.25) is 9.59 Å². The molecule has 0 unspecified atom stereocenters. The van der Waals surface area contributed by atoms with Crippen molar-refractivity contribution < 1.29 is 14.3 Å². The first-order valence-electron chi connectivity index (χ1n) is 4.87. The maximum Gasteiger partial charge on any atom is 0.305 e. The van der Waals surface area contributed by atoms with Crippen molar-refractivity contribution in [1.82, 2.24) is 0 Å². The average Bonchev–Trinajstić information content (AvgIpc) is 2.11. The van der Waals surface area contributed by atoms with E-state index in [1.165, 1.54) is 26.9 Å². The molecule has 4 nitrogen and oxygen atoms in total. The third kappa shape index (κ3) is 22.4. The van der Waals surface area contributed by atoms with E-state index in [0.29, 0.717) is 6.42 Å². The average molecular weight is 203 g/mol. The summed E-state index contributed by atoms with van der Waals surface area (Å²) in [6.07, 6.45) is 5.13. The summed E-state index contributed by atoms with van der Waals surface area (Å²) in [4.78, 5) is 19.8. The van der Waals surface area contributed by atoms with Gasteiger partial charge in [0.2, 0.25) is 5.91 Å². The van der Waals surface area contributed by atoms with Crippen molar-refractivity contribution in [3.8, 4) is 0 Å². The minimum absolute atomic E-state index is 0.0869. The van der Waals surface area contributed by atoms with E-state index in [2.05, 4.69) is 17.4 Å². The predicted octanol–water partition coefficient (Wildman–Crippen LogP) is 1.62. The summed E-state index contributed by atoms with van der Waals surface area (Å²) in [5.74, 6) is -0.420. The first-order chi connectivity index (χ1) is 6.54. The van der Waals surface area contributed by atoms with Crippen LogP contribution in [0.4, 0.5) is 0 Å². The van der Waals surface area contributed by atoms with Crippen LogP contribution in [-0.4, -0.2) is 19.0 Å². The van der Waals surface area contributed by atoms with Gasteiger partial charge in [0.1, 0.15) is 0 Å². The number of primary amides is 1. The zero-order chi connectivity index (χ0) is 11.4. The molecule has 0 heterocycles. The topological polar surface area (TPSA) is 69.4 Å². The molecule has 0 rings (SSSR count).